The second-order valence-electron chi connectivity index (χ2n) is 4.36. The van der Waals surface area contributed by atoms with Gasteiger partial charge in [-0.1, -0.05) is 17.7 Å². The second kappa shape index (κ2) is 3.95. The van der Waals surface area contributed by atoms with Gasteiger partial charge in [0.05, 0.1) is 17.1 Å². The number of halogens is 2. The van der Waals surface area contributed by atoms with E-state index < -0.39 is 23.7 Å². The quantitative estimate of drug-likeness (QED) is 0.728. The highest BCUT2D eigenvalue weighted by molar-refractivity contribution is 6.33. The number of hydrogen-bond donors (Lipinski definition) is 0. The van der Waals surface area contributed by atoms with Gasteiger partial charge in [-0.2, -0.15) is 0 Å². The lowest BCUT2D eigenvalue weighted by Crippen LogP contribution is -2.44. The van der Waals surface area contributed by atoms with Crippen molar-refractivity contribution in [2.75, 3.05) is 6.54 Å². The lowest BCUT2D eigenvalue weighted by molar-refractivity contribution is -0.149. The molecule has 2 bridgehead atoms. The van der Waals surface area contributed by atoms with Crippen LogP contribution < -0.4 is 0 Å². The Labute approximate surface area is 107 Å². The predicted molar refractivity (Wildman–Crippen MR) is 60.7 cm³/mol. The van der Waals surface area contributed by atoms with Crippen molar-refractivity contribution in [2.45, 2.75) is 18.6 Å². The van der Waals surface area contributed by atoms with Crippen LogP contribution in [0.25, 0.3) is 0 Å². The van der Waals surface area contributed by atoms with Gasteiger partial charge in [0.25, 0.3) is 5.91 Å². The smallest absolute Gasteiger partial charge is 0.329 e. The first-order valence-corrected chi connectivity index (χ1v) is 5.91. The fourth-order valence-electron chi connectivity index (χ4n) is 2.42. The van der Waals surface area contributed by atoms with Gasteiger partial charge in [0.2, 0.25) is 0 Å². The van der Waals surface area contributed by atoms with E-state index in [1.54, 1.807) is 0 Å². The number of amides is 1. The van der Waals surface area contributed by atoms with Crippen molar-refractivity contribution < 1.29 is 18.7 Å². The third kappa shape index (κ3) is 1.58. The highest BCUT2D eigenvalue weighted by Crippen LogP contribution is 2.32. The van der Waals surface area contributed by atoms with Gasteiger partial charge in [0.1, 0.15) is 18.0 Å². The summed E-state index contributed by atoms with van der Waals surface area (Å²) in [6.07, 6.45) is 0.216. The molecule has 2 aliphatic rings. The number of morpholine rings is 1. The highest BCUT2D eigenvalue weighted by Gasteiger charge is 2.49. The van der Waals surface area contributed by atoms with E-state index in [9.17, 15) is 14.0 Å². The molecule has 3 rings (SSSR count). The first-order chi connectivity index (χ1) is 8.58. The van der Waals surface area contributed by atoms with E-state index in [1.165, 1.54) is 23.1 Å². The molecule has 0 saturated carbocycles. The van der Waals surface area contributed by atoms with Crippen LogP contribution in [0.5, 0.6) is 0 Å². The largest absolute Gasteiger partial charge is 0.459 e. The summed E-state index contributed by atoms with van der Waals surface area (Å²) >= 11 is 5.84. The van der Waals surface area contributed by atoms with E-state index in [1.807, 2.05) is 0 Å². The number of carbonyl (C=O) groups is 2. The Kier molecular flexibility index (Phi) is 2.52. The van der Waals surface area contributed by atoms with Crippen LogP contribution in [-0.2, 0) is 9.53 Å². The third-order valence-corrected chi connectivity index (χ3v) is 3.57. The number of nitrogens with zero attached hydrogens (tertiary/aromatic N) is 1. The first-order valence-electron chi connectivity index (χ1n) is 5.53. The van der Waals surface area contributed by atoms with Crippen LogP contribution in [0.2, 0.25) is 5.02 Å². The van der Waals surface area contributed by atoms with Gasteiger partial charge >= 0.3 is 5.97 Å². The van der Waals surface area contributed by atoms with Crippen molar-refractivity contribution in [1.82, 2.24) is 4.90 Å². The summed E-state index contributed by atoms with van der Waals surface area (Å²) in [5, 5.41) is 0.0520. The molecule has 4 nitrogen and oxygen atoms in total. The van der Waals surface area contributed by atoms with Crippen molar-refractivity contribution in [3.05, 3.63) is 34.6 Å². The molecule has 0 aliphatic carbocycles. The Balaban J connectivity index is 1.94. The first kappa shape index (κ1) is 11.5. The maximum Gasteiger partial charge on any atom is 0.329 e. The maximum atomic E-state index is 13.6. The molecule has 0 spiro atoms. The number of benzene rings is 1. The van der Waals surface area contributed by atoms with Crippen molar-refractivity contribution in [3.63, 3.8) is 0 Å². The van der Waals surface area contributed by atoms with Crippen LogP contribution in [0.4, 0.5) is 4.39 Å². The molecule has 2 heterocycles. The zero-order valence-electron chi connectivity index (χ0n) is 9.23. The third-order valence-electron chi connectivity index (χ3n) is 3.26. The molecule has 6 heteroatoms. The minimum Gasteiger partial charge on any atom is -0.459 e. The molecule has 2 atom stereocenters. The molecule has 0 N–H and O–H groups in total. The lowest BCUT2D eigenvalue weighted by atomic mass is 10.1. The Morgan fingerprint density at radius 3 is 2.89 bits per heavy atom. The number of carbonyl (C=O) groups excluding carboxylic acids is 2. The van der Waals surface area contributed by atoms with Gasteiger partial charge in [-0.25, -0.2) is 9.18 Å². The van der Waals surface area contributed by atoms with E-state index in [2.05, 4.69) is 0 Å². The molecule has 0 unspecified atom stereocenters. The standard InChI is InChI=1S/C12H9ClFNO3/c13-7-2-1-3-8(14)10(7)11(16)15-5-6-4-9(15)12(17)18-6/h1-3,6,9H,4-5H2/t6-,9+/m1/s1. The van der Waals surface area contributed by atoms with E-state index in [0.717, 1.165) is 0 Å². The van der Waals surface area contributed by atoms with Crippen molar-refractivity contribution in [3.8, 4) is 0 Å². The Hall–Kier alpha value is -1.62. The van der Waals surface area contributed by atoms with Crippen LogP contribution in [0.3, 0.4) is 0 Å². The van der Waals surface area contributed by atoms with Gasteiger partial charge in [-0.05, 0) is 12.1 Å². The molecule has 1 amide bonds. The molecule has 2 saturated heterocycles. The SMILES string of the molecule is O=C1O[C@@H]2C[C@@H]1N(C(=O)c1c(F)cccc1Cl)C2. The van der Waals surface area contributed by atoms with Crippen molar-refractivity contribution in [1.29, 1.82) is 0 Å². The Bertz CT molecular complexity index is 528. The highest BCUT2D eigenvalue weighted by atomic mass is 35.5. The number of ether oxygens (including phenoxy) is 1. The van der Waals surface area contributed by atoms with Crippen molar-refractivity contribution in [2.24, 2.45) is 0 Å². The minimum absolute atomic E-state index is 0.0520. The summed E-state index contributed by atoms with van der Waals surface area (Å²) < 4.78 is 18.6. The Morgan fingerprint density at radius 2 is 2.28 bits per heavy atom. The van der Waals surface area contributed by atoms with E-state index >= 15 is 0 Å². The number of hydrogen-bond acceptors (Lipinski definition) is 3. The molecule has 94 valence electrons. The van der Waals surface area contributed by atoms with E-state index in [0.29, 0.717) is 13.0 Å². The second-order valence-corrected chi connectivity index (χ2v) is 4.77. The average molecular weight is 270 g/mol. The number of likely N-dealkylation sites (tertiary alicyclic amines) is 1. The number of fused-ring (bicyclic) bond motifs is 2. The molecule has 1 aromatic carbocycles. The average Bonchev–Trinajstić information content (AvgIpc) is 2.87. The van der Waals surface area contributed by atoms with Crippen LogP contribution in [0.15, 0.2) is 18.2 Å². The molecule has 18 heavy (non-hydrogen) atoms. The topological polar surface area (TPSA) is 46.6 Å². The van der Waals surface area contributed by atoms with Crippen LogP contribution in [-0.4, -0.2) is 35.5 Å². The summed E-state index contributed by atoms with van der Waals surface area (Å²) in [5.74, 6) is -1.65. The predicted octanol–water partition coefficient (Wildman–Crippen LogP) is 1.62. The fourth-order valence-corrected chi connectivity index (χ4v) is 2.66. The molecular formula is C12H9ClFNO3. The number of esters is 1. The van der Waals surface area contributed by atoms with Crippen LogP contribution in [0, 0.1) is 5.82 Å². The van der Waals surface area contributed by atoms with Gasteiger partial charge in [0.15, 0.2) is 0 Å². The van der Waals surface area contributed by atoms with Crippen LogP contribution >= 0.6 is 11.6 Å². The molecule has 2 aliphatic heterocycles. The summed E-state index contributed by atoms with van der Waals surface area (Å²) in [6.45, 7) is 0.305. The zero-order chi connectivity index (χ0) is 12.9. The normalized spacial score (nSPS) is 25.4. The molecule has 2 fully saturated rings. The Morgan fingerprint density at radius 1 is 1.50 bits per heavy atom. The lowest BCUT2D eigenvalue weighted by Gasteiger charge is -2.26. The van der Waals surface area contributed by atoms with E-state index in [-0.39, 0.29) is 16.7 Å². The zero-order valence-corrected chi connectivity index (χ0v) is 9.98. The summed E-state index contributed by atoms with van der Waals surface area (Å²) in [6, 6.07) is 3.45. The van der Waals surface area contributed by atoms with Gasteiger partial charge in [-0.3, -0.25) is 4.79 Å². The van der Waals surface area contributed by atoms with Crippen molar-refractivity contribution >= 4 is 23.5 Å². The summed E-state index contributed by atoms with van der Waals surface area (Å²) in [7, 11) is 0. The van der Waals surface area contributed by atoms with Gasteiger partial charge in [0, 0.05) is 6.42 Å². The fraction of sp³-hybridized carbons (Fsp3) is 0.333. The monoisotopic (exact) mass is 269 g/mol. The van der Waals surface area contributed by atoms with E-state index in [4.69, 9.17) is 16.3 Å². The number of rotatable bonds is 1. The summed E-state index contributed by atoms with van der Waals surface area (Å²) in [5.41, 5.74) is -0.181. The van der Waals surface area contributed by atoms with Crippen LogP contribution in [0.1, 0.15) is 16.8 Å². The molecular weight excluding hydrogens is 261 g/mol. The molecule has 1 aromatic rings. The van der Waals surface area contributed by atoms with Gasteiger partial charge in [-0.15, -0.1) is 0 Å². The van der Waals surface area contributed by atoms with Gasteiger partial charge < -0.3 is 9.64 Å². The molecule has 0 aromatic heterocycles. The summed E-state index contributed by atoms with van der Waals surface area (Å²) in [4.78, 5) is 25.0. The maximum absolute atomic E-state index is 13.6. The minimum atomic E-state index is -0.677. The molecule has 0 radical (unpaired) electrons.